The van der Waals surface area contributed by atoms with Crippen LogP contribution in [0.5, 0.6) is 0 Å². The van der Waals surface area contributed by atoms with E-state index in [0.717, 1.165) is 6.54 Å². The third kappa shape index (κ3) is 3.47. The van der Waals surface area contributed by atoms with E-state index >= 15 is 0 Å². The molecular formula is C24H27NP+. The van der Waals surface area contributed by atoms with Gasteiger partial charge in [0.05, 0.1) is 6.16 Å². The normalized spacial score (nSPS) is 17.8. The summed E-state index contributed by atoms with van der Waals surface area (Å²) >= 11 is 0. The zero-order valence-electron chi connectivity index (χ0n) is 15.2. The van der Waals surface area contributed by atoms with Gasteiger partial charge in [0.1, 0.15) is 23.2 Å². The zero-order chi connectivity index (χ0) is 17.7. The van der Waals surface area contributed by atoms with Crippen molar-refractivity contribution in [3.8, 4) is 0 Å². The number of benzene rings is 3. The molecule has 1 aliphatic rings. The van der Waals surface area contributed by atoms with Crippen LogP contribution in [0.15, 0.2) is 91.0 Å². The lowest BCUT2D eigenvalue weighted by Gasteiger charge is -2.33. The van der Waals surface area contributed by atoms with Gasteiger partial charge in [-0.15, -0.1) is 0 Å². The van der Waals surface area contributed by atoms with Crippen LogP contribution >= 0.6 is 7.26 Å². The lowest BCUT2D eigenvalue weighted by molar-refractivity contribution is 0.428. The van der Waals surface area contributed by atoms with E-state index in [1.54, 1.807) is 0 Å². The quantitative estimate of drug-likeness (QED) is 0.675. The Bertz CT molecular complexity index is 699. The molecule has 132 valence electrons. The van der Waals surface area contributed by atoms with Crippen molar-refractivity contribution in [2.24, 2.45) is 0 Å². The number of piperidine rings is 1. The van der Waals surface area contributed by atoms with E-state index in [1.807, 2.05) is 0 Å². The number of nitrogens with one attached hydrogen (secondary N) is 1. The van der Waals surface area contributed by atoms with Gasteiger partial charge in [0.2, 0.25) is 0 Å². The first-order valence-electron chi connectivity index (χ1n) is 9.68. The topological polar surface area (TPSA) is 12.0 Å². The van der Waals surface area contributed by atoms with Crippen LogP contribution in [0.1, 0.15) is 19.3 Å². The Morgan fingerprint density at radius 3 is 1.50 bits per heavy atom. The maximum atomic E-state index is 3.81. The highest BCUT2D eigenvalue weighted by Gasteiger charge is 2.46. The molecule has 3 aromatic carbocycles. The minimum absolute atomic E-state index is 0.595. The highest BCUT2D eigenvalue weighted by Crippen LogP contribution is 2.56. The van der Waals surface area contributed by atoms with Gasteiger partial charge >= 0.3 is 0 Å². The van der Waals surface area contributed by atoms with Gasteiger partial charge in [-0.1, -0.05) is 61.0 Å². The van der Waals surface area contributed by atoms with E-state index in [0.29, 0.717) is 6.04 Å². The van der Waals surface area contributed by atoms with Crippen LogP contribution in [0.25, 0.3) is 0 Å². The van der Waals surface area contributed by atoms with Crippen LogP contribution in [0.3, 0.4) is 0 Å². The van der Waals surface area contributed by atoms with Crippen molar-refractivity contribution < 1.29 is 0 Å². The van der Waals surface area contributed by atoms with Gasteiger partial charge in [-0.05, 0) is 55.8 Å². The van der Waals surface area contributed by atoms with Gasteiger partial charge in [0.15, 0.2) is 0 Å². The zero-order valence-corrected chi connectivity index (χ0v) is 16.1. The number of hydrogen-bond acceptors (Lipinski definition) is 1. The van der Waals surface area contributed by atoms with E-state index in [9.17, 15) is 0 Å². The SMILES string of the molecule is c1ccc([P+](CC2CCCCN2)(c2ccccc2)c2ccccc2)cc1. The van der Waals surface area contributed by atoms with Crippen molar-refractivity contribution in [3.63, 3.8) is 0 Å². The fourth-order valence-corrected chi connectivity index (χ4v) is 8.76. The fraction of sp³-hybridized carbons (Fsp3) is 0.250. The summed E-state index contributed by atoms with van der Waals surface area (Å²) in [5.41, 5.74) is 0. The Hall–Kier alpha value is -1.95. The van der Waals surface area contributed by atoms with Gasteiger partial charge in [-0.25, -0.2) is 0 Å². The molecule has 1 atom stereocenters. The van der Waals surface area contributed by atoms with Crippen LogP contribution in [0.2, 0.25) is 0 Å². The first-order valence-corrected chi connectivity index (χ1v) is 11.7. The number of rotatable bonds is 5. The summed E-state index contributed by atoms with van der Waals surface area (Å²) in [5, 5.41) is 8.28. The molecule has 0 radical (unpaired) electrons. The molecule has 1 unspecified atom stereocenters. The summed E-state index contributed by atoms with van der Waals surface area (Å²) < 4.78 is 0. The molecule has 1 N–H and O–H groups in total. The molecular weight excluding hydrogens is 333 g/mol. The van der Waals surface area contributed by atoms with Crippen molar-refractivity contribution in [2.75, 3.05) is 12.7 Å². The van der Waals surface area contributed by atoms with Crippen molar-refractivity contribution in [1.29, 1.82) is 0 Å². The number of hydrogen-bond donors (Lipinski definition) is 1. The largest absolute Gasteiger partial charge is 0.311 e. The lowest BCUT2D eigenvalue weighted by Crippen LogP contribution is -2.44. The van der Waals surface area contributed by atoms with Crippen LogP contribution in [-0.4, -0.2) is 18.7 Å². The summed E-state index contributed by atoms with van der Waals surface area (Å²) in [6.45, 7) is 1.16. The monoisotopic (exact) mass is 360 g/mol. The van der Waals surface area contributed by atoms with E-state index in [4.69, 9.17) is 0 Å². The second kappa shape index (κ2) is 8.16. The summed E-state index contributed by atoms with van der Waals surface area (Å²) in [6.07, 6.45) is 5.14. The molecule has 3 aromatic rings. The molecule has 0 aliphatic carbocycles. The molecule has 1 heterocycles. The van der Waals surface area contributed by atoms with Crippen LogP contribution < -0.4 is 21.2 Å². The maximum Gasteiger partial charge on any atom is 0.113 e. The predicted molar refractivity (Wildman–Crippen MR) is 116 cm³/mol. The smallest absolute Gasteiger partial charge is 0.113 e. The molecule has 1 nitrogen and oxygen atoms in total. The molecule has 4 rings (SSSR count). The van der Waals surface area contributed by atoms with Gasteiger partial charge in [0.25, 0.3) is 0 Å². The third-order valence-electron chi connectivity index (χ3n) is 5.50. The van der Waals surface area contributed by atoms with Gasteiger partial charge in [-0.3, -0.25) is 0 Å². The highest BCUT2D eigenvalue weighted by molar-refractivity contribution is 7.95. The molecule has 0 saturated carbocycles. The second-order valence-electron chi connectivity index (χ2n) is 7.15. The molecule has 26 heavy (non-hydrogen) atoms. The Labute approximate surface area is 157 Å². The Balaban J connectivity index is 1.90. The van der Waals surface area contributed by atoms with E-state index in [2.05, 4.69) is 96.3 Å². The molecule has 0 aromatic heterocycles. The molecule has 1 aliphatic heterocycles. The minimum atomic E-state index is -1.68. The van der Waals surface area contributed by atoms with E-state index in [1.165, 1.54) is 41.3 Å². The molecule has 0 spiro atoms. The Kier molecular flexibility index (Phi) is 5.48. The second-order valence-corrected chi connectivity index (χ2v) is 10.7. The lowest BCUT2D eigenvalue weighted by atomic mass is 10.1. The Morgan fingerprint density at radius 1 is 0.654 bits per heavy atom. The van der Waals surface area contributed by atoms with Crippen molar-refractivity contribution >= 4 is 23.2 Å². The minimum Gasteiger partial charge on any atom is -0.311 e. The maximum absolute atomic E-state index is 3.81. The molecule has 1 fully saturated rings. The van der Waals surface area contributed by atoms with Gasteiger partial charge < -0.3 is 5.32 Å². The van der Waals surface area contributed by atoms with E-state index < -0.39 is 7.26 Å². The average Bonchev–Trinajstić information content (AvgIpc) is 2.75. The molecule has 0 amide bonds. The van der Waals surface area contributed by atoms with Crippen LogP contribution in [0.4, 0.5) is 0 Å². The third-order valence-corrected chi connectivity index (χ3v) is 10.0. The molecule has 2 heteroatoms. The van der Waals surface area contributed by atoms with Crippen molar-refractivity contribution in [1.82, 2.24) is 5.32 Å². The fourth-order valence-electron chi connectivity index (χ4n) is 4.22. The average molecular weight is 360 g/mol. The van der Waals surface area contributed by atoms with Crippen molar-refractivity contribution in [3.05, 3.63) is 91.0 Å². The summed E-state index contributed by atoms with van der Waals surface area (Å²) in [4.78, 5) is 0. The van der Waals surface area contributed by atoms with Gasteiger partial charge in [-0.2, -0.15) is 0 Å². The van der Waals surface area contributed by atoms with Crippen LogP contribution in [-0.2, 0) is 0 Å². The first kappa shape index (κ1) is 17.5. The molecule has 0 bridgehead atoms. The summed E-state index contributed by atoms with van der Waals surface area (Å²) in [6, 6.07) is 34.2. The van der Waals surface area contributed by atoms with Crippen LogP contribution in [0, 0.1) is 0 Å². The summed E-state index contributed by atoms with van der Waals surface area (Å²) in [7, 11) is -1.68. The van der Waals surface area contributed by atoms with Gasteiger partial charge in [0, 0.05) is 6.04 Å². The molecule has 1 saturated heterocycles. The Morgan fingerprint density at radius 2 is 1.12 bits per heavy atom. The van der Waals surface area contributed by atoms with E-state index in [-0.39, 0.29) is 0 Å². The predicted octanol–water partition coefficient (Wildman–Crippen LogP) is 4.12. The standard InChI is InChI=1S/C24H27NP/c1-4-13-22(14-5-1)26(23-15-6-2-7-16-23,24-17-8-3-9-18-24)20-21-12-10-11-19-25-21/h1-9,13-18,21,25H,10-12,19-20H2/q+1. The first-order chi connectivity index (χ1) is 12.9. The van der Waals surface area contributed by atoms with Crippen molar-refractivity contribution in [2.45, 2.75) is 25.3 Å². The summed E-state index contributed by atoms with van der Waals surface area (Å²) in [5.74, 6) is 0. The highest BCUT2D eigenvalue weighted by atomic mass is 31.2.